The lowest BCUT2D eigenvalue weighted by Gasteiger charge is -2.12. The monoisotopic (exact) mass is 467 g/mol. The summed E-state index contributed by atoms with van der Waals surface area (Å²) in [6, 6.07) is 11.5. The summed E-state index contributed by atoms with van der Waals surface area (Å²) >= 11 is 0. The highest BCUT2D eigenvalue weighted by Crippen LogP contribution is 2.33. The molecule has 0 saturated carbocycles. The van der Waals surface area contributed by atoms with Crippen molar-refractivity contribution in [2.24, 2.45) is 0 Å². The summed E-state index contributed by atoms with van der Waals surface area (Å²) in [6.07, 6.45) is 1.03. The molecule has 1 aliphatic rings. The number of halogens is 4. The standard InChI is InChI=1S/C22H17F4NO6/c1-2-30-20(29)17-18(28)16(32-19(17)27-13-6-4-3-5-7-13)10-12-8-9-14(31-21(23)24)11-15(12)33-22(25)26/h3-11,21-22,27H,2H2,1H3/b16-10+. The molecule has 0 fully saturated rings. The first-order valence-corrected chi connectivity index (χ1v) is 9.49. The van der Waals surface area contributed by atoms with Gasteiger partial charge in [-0.05, 0) is 37.3 Å². The van der Waals surface area contributed by atoms with Crippen LogP contribution in [0.15, 0.2) is 65.7 Å². The number of anilines is 1. The van der Waals surface area contributed by atoms with Crippen LogP contribution >= 0.6 is 0 Å². The molecule has 2 aromatic rings. The summed E-state index contributed by atoms with van der Waals surface area (Å²) in [5.74, 6) is -3.42. The Morgan fingerprint density at radius 1 is 1.06 bits per heavy atom. The minimum Gasteiger partial charge on any atom is -0.462 e. The number of alkyl halides is 4. The molecule has 0 amide bonds. The number of rotatable bonds is 9. The van der Waals surface area contributed by atoms with E-state index in [9.17, 15) is 27.2 Å². The Morgan fingerprint density at radius 3 is 2.39 bits per heavy atom. The third-order valence-corrected chi connectivity index (χ3v) is 4.11. The van der Waals surface area contributed by atoms with Gasteiger partial charge in [0, 0.05) is 17.3 Å². The van der Waals surface area contributed by atoms with Crippen molar-refractivity contribution in [2.75, 3.05) is 11.9 Å². The van der Waals surface area contributed by atoms with Crippen molar-refractivity contribution in [3.05, 3.63) is 71.3 Å². The van der Waals surface area contributed by atoms with Gasteiger partial charge < -0.3 is 24.3 Å². The van der Waals surface area contributed by atoms with Gasteiger partial charge in [0.15, 0.2) is 11.3 Å². The first kappa shape index (κ1) is 23.6. The Balaban J connectivity index is 1.97. The van der Waals surface area contributed by atoms with Crippen LogP contribution in [0.3, 0.4) is 0 Å². The molecule has 0 spiro atoms. The molecular formula is C22H17F4NO6. The van der Waals surface area contributed by atoms with Gasteiger partial charge >= 0.3 is 19.2 Å². The van der Waals surface area contributed by atoms with E-state index in [4.69, 9.17) is 9.47 Å². The summed E-state index contributed by atoms with van der Waals surface area (Å²) < 4.78 is 69.5. The number of Topliss-reactive ketones (excluding diaryl/α,β-unsaturated/α-hetero) is 1. The largest absolute Gasteiger partial charge is 0.462 e. The van der Waals surface area contributed by atoms with Gasteiger partial charge in [0.05, 0.1) is 6.61 Å². The van der Waals surface area contributed by atoms with E-state index in [1.807, 2.05) is 0 Å². The number of nitrogens with one attached hydrogen (secondary N) is 1. The van der Waals surface area contributed by atoms with Crippen molar-refractivity contribution in [1.29, 1.82) is 0 Å². The highest BCUT2D eigenvalue weighted by atomic mass is 19.3. The summed E-state index contributed by atoms with van der Waals surface area (Å²) in [7, 11) is 0. The van der Waals surface area contributed by atoms with Crippen molar-refractivity contribution >= 4 is 23.5 Å². The zero-order valence-corrected chi connectivity index (χ0v) is 17.0. The fourth-order valence-electron chi connectivity index (χ4n) is 2.81. The second-order valence-electron chi connectivity index (χ2n) is 6.31. The molecule has 33 heavy (non-hydrogen) atoms. The van der Waals surface area contributed by atoms with Gasteiger partial charge in [-0.15, -0.1) is 0 Å². The van der Waals surface area contributed by atoms with Gasteiger partial charge in [-0.3, -0.25) is 4.79 Å². The predicted octanol–water partition coefficient (Wildman–Crippen LogP) is 4.72. The van der Waals surface area contributed by atoms with Crippen molar-refractivity contribution in [3.63, 3.8) is 0 Å². The SMILES string of the molecule is CCOC(=O)C1=C(Nc2ccccc2)O/C(=C/c2ccc(OC(F)F)cc2OC(F)F)C1=O. The topological polar surface area (TPSA) is 83.1 Å². The van der Waals surface area contributed by atoms with Crippen LogP contribution < -0.4 is 14.8 Å². The third kappa shape index (κ3) is 6.03. The number of carbonyl (C=O) groups is 2. The van der Waals surface area contributed by atoms with E-state index >= 15 is 0 Å². The lowest BCUT2D eigenvalue weighted by Crippen LogP contribution is -2.16. The second kappa shape index (κ2) is 10.5. The van der Waals surface area contributed by atoms with E-state index in [1.165, 1.54) is 0 Å². The van der Waals surface area contributed by atoms with Crippen LogP contribution in [-0.4, -0.2) is 31.6 Å². The highest BCUT2D eigenvalue weighted by Gasteiger charge is 2.37. The van der Waals surface area contributed by atoms with Crippen LogP contribution in [0.2, 0.25) is 0 Å². The number of hydrogen-bond donors (Lipinski definition) is 1. The molecule has 1 aliphatic heterocycles. The zero-order valence-electron chi connectivity index (χ0n) is 17.0. The average Bonchev–Trinajstić information content (AvgIpc) is 3.04. The Hall–Kier alpha value is -4.02. The van der Waals surface area contributed by atoms with E-state index < -0.39 is 47.8 Å². The van der Waals surface area contributed by atoms with Gasteiger partial charge in [-0.2, -0.15) is 17.6 Å². The van der Waals surface area contributed by atoms with Crippen LogP contribution in [0.25, 0.3) is 6.08 Å². The minimum absolute atomic E-state index is 0.00868. The van der Waals surface area contributed by atoms with E-state index in [0.29, 0.717) is 5.69 Å². The molecule has 0 aliphatic carbocycles. The van der Waals surface area contributed by atoms with Crippen molar-refractivity contribution in [2.45, 2.75) is 20.1 Å². The number of ether oxygens (including phenoxy) is 4. The molecule has 0 atom stereocenters. The normalized spacial score (nSPS) is 14.6. The lowest BCUT2D eigenvalue weighted by molar-refractivity contribution is -0.139. The molecular weight excluding hydrogens is 450 g/mol. The fraction of sp³-hybridized carbons (Fsp3) is 0.182. The van der Waals surface area contributed by atoms with Crippen molar-refractivity contribution in [1.82, 2.24) is 0 Å². The minimum atomic E-state index is -3.28. The summed E-state index contributed by atoms with van der Waals surface area (Å²) in [6.45, 7) is -4.92. The van der Waals surface area contributed by atoms with Gasteiger partial charge in [-0.1, -0.05) is 18.2 Å². The summed E-state index contributed by atoms with van der Waals surface area (Å²) in [4.78, 5) is 25.2. The van der Waals surface area contributed by atoms with Gasteiger partial charge in [0.1, 0.15) is 11.5 Å². The van der Waals surface area contributed by atoms with E-state index in [0.717, 1.165) is 24.3 Å². The zero-order chi connectivity index (χ0) is 24.0. The molecule has 0 radical (unpaired) electrons. The maximum atomic E-state index is 12.9. The summed E-state index contributed by atoms with van der Waals surface area (Å²) in [5, 5.41) is 2.79. The number of esters is 1. The summed E-state index contributed by atoms with van der Waals surface area (Å²) in [5.41, 5.74) is -0.0380. The Morgan fingerprint density at radius 2 is 1.76 bits per heavy atom. The molecule has 2 aromatic carbocycles. The molecule has 3 rings (SSSR count). The van der Waals surface area contributed by atoms with Gasteiger partial charge in [0.25, 0.3) is 0 Å². The molecule has 0 aromatic heterocycles. The number of allylic oxidation sites excluding steroid dienone is 1. The number of para-hydroxylation sites is 1. The molecule has 174 valence electrons. The van der Waals surface area contributed by atoms with E-state index in [2.05, 4.69) is 14.8 Å². The van der Waals surface area contributed by atoms with Crippen molar-refractivity contribution in [3.8, 4) is 11.5 Å². The highest BCUT2D eigenvalue weighted by molar-refractivity contribution is 6.26. The Kier molecular flexibility index (Phi) is 7.54. The molecule has 1 heterocycles. The third-order valence-electron chi connectivity index (χ3n) is 4.11. The number of ketones is 1. The van der Waals surface area contributed by atoms with Crippen LogP contribution in [0.1, 0.15) is 12.5 Å². The number of benzene rings is 2. The average molecular weight is 467 g/mol. The maximum absolute atomic E-state index is 12.9. The van der Waals surface area contributed by atoms with Crippen LogP contribution in [0, 0.1) is 0 Å². The van der Waals surface area contributed by atoms with E-state index in [1.54, 1.807) is 37.3 Å². The lowest BCUT2D eigenvalue weighted by atomic mass is 10.1. The molecule has 1 N–H and O–H groups in total. The van der Waals surface area contributed by atoms with Crippen LogP contribution in [-0.2, 0) is 19.1 Å². The van der Waals surface area contributed by atoms with Crippen molar-refractivity contribution < 1.29 is 46.1 Å². The molecule has 0 bridgehead atoms. The number of hydrogen-bond acceptors (Lipinski definition) is 7. The second-order valence-corrected chi connectivity index (χ2v) is 6.31. The van der Waals surface area contributed by atoms with Crippen LogP contribution in [0.4, 0.5) is 23.2 Å². The first-order valence-electron chi connectivity index (χ1n) is 9.49. The van der Waals surface area contributed by atoms with Gasteiger partial charge in [-0.25, -0.2) is 4.79 Å². The smallest absolute Gasteiger partial charge is 0.387 e. The molecule has 0 saturated heterocycles. The first-order chi connectivity index (χ1) is 15.8. The van der Waals surface area contributed by atoms with E-state index in [-0.39, 0.29) is 18.1 Å². The van der Waals surface area contributed by atoms with Gasteiger partial charge in [0.2, 0.25) is 11.7 Å². The molecule has 0 unspecified atom stereocenters. The predicted molar refractivity (Wildman–Crippen MR) is 107 cm³/mol. The quantitative estimate of drug-likeness (QED) is 0.247. The number of carbonyl (C=O) groups excluding carboxylic acids is 2. The maximum Gasteiger partial charge on any atom is 0.387 e. The Bertz CT molecular complexity index is 1090. The van der Waals surface area contributed by atoms with Crippen LogP contribution in [0.5, 0.6) is 11.5 Å². The fourth-order valence-corrected chi connectivity index (χ4v) is 2.81. The molecule has 11 heteroatoms. The Labute approximate surface area is 185 Å². The molecule has 7 nitrogen and oxygen atoms in total.